The van der Waals surface area contributed by atoms with Gasteiger partial charge in [-0.3, -0.25) is 0 Å². The number of rotatable bonds is 4. The fraction of sp³-hybridized carbons (Fsp3) is 0.667. The molecule has 3 nitrogen and oxygen atoms in total. The van der Waals surface area contributed by atoms with Gasteiger partial charge < -0.3 is 15.4 Å². The zero-order valence-corrected chi connectivity index (χ0v) is 13.2. The van der Waals surface area contributed by atoms with E-state index in [1.807, 2.05) is 0 Å². The number of nitrogens with zero attached hydrogens (tertiary/aromatic N) is 1. The van der Waals surface area contributed by atoms with Gasteiger partial charge in [0.05, 0.1) is 0 Å². The van der Waals surface area contributed by atoms with Crippen molar-refractivity contribution < 1.29 is 4.74 Å². The van der Waals surface area contributed by atoms with E-state index in [2.05, 4.69) is 30.0 Å². The quantitative estimate of drug-likeness (QED) is 0.926. The maximum absolute atomic E-state index is 6.50. The number of nitrogens with two attached hydrogens (primary N) is 1. The highest BCUT2D eigenvalue weighted by Gasteiger charge is 2.39. The first-order chi connectivity index (χ1) is 10.2. The Labute approximate surface area is 128 Å². The first-order valence-corrected chi connectivity index (χ1v) is 8.48. The minimum atomic E-state index is 0.0958. The number of piperidine rings is 1. The molecule has 21 heavy (non-hydrogen) atoms. The Bertz CT molecular complexity index is 478. The van der Waals surface area contributed by atoms with Crippen molar-refractivity contribution >= 4 is 0 Å². The van der Waals surface area contributed by atoms with Crippen LogP contribution in [-0.4, -0.2) is 36.7 Å². The molecular formula is C18H28N2O. The Hall–Kier alpha value is -1.06. The summed E-state index contributed by atoms with van der Waals surface area (Å²) in [7, 11) is 0. The maximum Gasteiger partial charge on any atom is 0.123 e. The van der Waals surface area contributed by atoms with Gasteiger partial charge in [0.1, 0.15) is 11.4 Å². The van der Waals surface area contributed by atoms with Gasteiger partial charge in [-0.05, 0) is 68.8 Å². The minimum absolute atomic E-state index is 0.0958. The number of aryl methyl sites for hydroxylation is 2. The largest absolute Gasteiger partial charge is 0.487 e. The molecule has 0 atom stereocenters. The van der Waals surface area contributed by atoms with E-state index in [1.165, 1.54) is 24.0 Å². The molecule has 116 valence electrons. The van der Waals surface area contributed by atoms with E-state index in [-0.39, 0.29) is 5.60 Å². The number of likely N-dealkylation sites (tertiary alicyclic amines) is 1. The van der Waals surface area contributed by atoms with Gasteiger partial charge >= 0.3 is 0 Å². The zero-order valence-electron chi connectivity index (χ0n) is 13.2. The number of ether oxygens (including phenoxy) is 1. The molecule has 0 radical (unpaired) electrons. The standard InChI is InChI=1S/C18H28N2O/c1-2-15-4-5-16-6-7-18(21-17(16)14-15)8-12-20(13-9-18)11-3-10-19/h4-5,14H,2-3,6-13,19H2,1H3. The molecule has 1 saturated heterocycles. The van der Waals surface area contributed by atoms with Crippen LogP contribution in [0.4, 0.5) is 0 Å². The molecule has 2 aliphatic heterocycles. The predicted octanol–water partition coefficient (Wildman–Crippen LogP) is 2.76. The summed E-state index contributed by atoms with van der Waals surface area (Å²) in [5, 5.41) is 0. The fourth-order valence-corrected chi connectivity index (χ4v) is 3.62. The van der Waals surface area contributed by atoms with Crippen LogP contribution in [0, 0.1) is 0 Å². The molecule has 1 spiro atoms. The molecule has 0 aromatic heterocycles. The average molecular weight is 288 g/mol. The molecule has 0 saturated carbocycles. The summed E-state index contributed by atoms with van der Waals surface area (Å²) in [4.78, 5) is 2.54. The average Bonchev–Trinajstić information content (AvgIpc) is 2.54. The van der Waals surface area contributed by atoms with E-state index in [0.717, 1.165) is 57.6 Å². The van der Waals surface area contributed by atoms with Crippen LogP contribution in [0.25, 0.3) is 0 Å². The number of fused-ring (bicyclic) bond motifs is 1. The Balaban J connectivity index is 1.65. The third kappa shape index (κ3) is 3.24. The number of hydrogen-bond donors (Lipinski definition) is 1. The van der Waals surface area contributed by atoms with Crippen LogP contribution in [0.5, 0.6) is 5.75 Å². The lowest BCUT2D eigenvalue weighted by molar-refractivity contribution is -0.0145. The van der Waals surface area contributed by atoms with Crippen LogP contribution < -0.4 is 10.5 Å². The van der Waals surface area contributed by atoms with Crippen LogP contribution in [0.3, 0.4) is 0 Å². The Morgan fingerprint density at radius 2 is 2.05 bits per heavy atom. The van der Waals surface area contributed by atoms with Gasteiger partial charge in [-0.2, -0.15) is 0 Å². The predicted molar refractivity (Wildman–Crippen MR) is 86.8 cm³/mol. The van der Waals surface area contributed by atoms with Crippen molar-refractivity contribution in [1.29, 1.82) is 0 Å². The summed E-state index contributed by atoms with van der Waals surface area (Å²) in [6, 6.07) is 6.77. The lowest BCUT2D eigenvalue weighted by Crippen LogP contribution is -2.50. The van der Waals surface area contributed by atoms with E-state index in [4.69, 9.17) is 10.5 Å². The van der Waals surface area contributed by atoms with Crippen LogP contribution in [-0.2, 0) is 12.8 Å². The van der Waals surface area contributed by atoms with Gasteiger partial charge in [-0.25, -0.2) is 0 Å². The van der Waals surface area contributed by atoms with Crippen LogP contribution in [0.1, 0.15) is 43.7 Å². The fourth-order valence-electron chi connectivity index (χ4n) is 3.62. The molecule has 2 N–H and O–H groups in total. The second kappa shape index (κ2) is 6.37. The molecule has 1 aromatic carbocycles. The van der Waals surface area contributed by atoms with Gasteiger partial charge in [-0.15, -0.1) is 0 Å². The SMILES string of the molecule is CCc1ccc2c(c1)OC1(CC2)CCN(CCCN)CC1. The molecule has 0 aliphatic carbocycles. The Morgan fingerprint density at radius 1 is 1.24 bits per heavy atom. The molecule has 3 rings (SSSR count). The summed E-state index contributed by atoms with van der Waals surface area (Å²) in [5.41, 5.74) is 8.48. The molecule has 2 aliphatic rings. The van der Waals surface area contributed by atoms with Crippen molar-refractivity contribution in [3.05, 3.63) is 29.3 Å². The summed E-state index contributed by atoms with van der Waals surface area (Å²) in [6.07, 6.45) is 6.85. The van der Waals surface area contributed by atoms with Gasteiger partial charge in [0.2, 0.25) is 0 Å². The first-order valence-electron chi connectivity index (χ1n) is 8.48. The third-order valence-corrected chi connectivity index (χ3v) is 5.16. The van der Waals surface area contributed by atoms with Crippen molar-refractivity contribution in [2.24, 2.45) is 5.73 Å². The van der Waals surface area contributed by atoms with E-state index < -0.39 is 0 Å². The van der Waals surface area contributed by atoms with Crippen molar-refractivity contribution in [1.82, 2.24) is 4.90 Å². The zero-order chi connectivity index (χ0) is 14.7. The van der Waals surface area contributed by atoms with Gasteiger partial charge in [0.15, 0.2) is 0 Å². The van der Waals surface area contributed by atoms with Crippen LogP contribution >= 0.6 is 0 Å². The second-order valence-electron chi connectivity index (χ2n) is 6.56. The van der Waals surface area contributed by atoms with Crippen molar-refractivity contribution in [3.63, 3.8) is 0 Å². The number of hydrogen-bond acceptors (Lipinski definition) is 3. The highest BCUT2D eigenvalue weighted by atomic mass is 16.5. The second-order valence-corrected chi connectivity index (χ2v) is 6.56. The summed E-state index contributed by atoms with van der Waals surface area (Å²) in [5.74, 6) is 1.15. The highest BCUT2D eigenvalue weighted by Crippen LogP contribution is 2.39. The lowest BCUT2D eigenvalue weighted by Gasteiger charge is -2.44. The van der Waals surface area contributed by atoms with Crippen molar-refractivity contribution in [2.75, 3.05) is 26.2 Å². The minimum Gasteiger partial charge on any atom is -0.487 e. The third-order valence-electron chi connectivity index (χ3n) is 5.16. The van der Waals surface area contributed by atoms with Crippen LogP contribution in [0.2, 0.25) is 0 Å². The molecule has 1 fully saturated rings. The van der Waals surface area contributed by atoms with E-state index in [9.17, 15) is 0 Å². The summed E-state index contributed by atoms with van der Waals surface area (Å²) in [6.45, 7) is 6.45. The smallest absolute Gasteiger partial charge is 0.123 e. The normalized spacial score (nSPS) is 21.0. The van der Waals surface area contributed by atoms with Crippen molar-refractivity contribution in [2.45, 2.75) is 51.0 Å². The topological polar surface area (TPSA) is 38.5 Å². The number of benzene rings is 1. The highest BCUT2D eigenvalue weighted by molar-refractivity contribution is 5.40. The molecular weight excluding hydrogens is 260 g/mol. The van der Waals surface area contributed by atoms with Gasteiger partial charge in [-0.1, -0.05) is 19.1 Å². The molecule has 0 bridgehead atoms. The first kappa shape index (κ1) is 14.9. The van der Waals surface area contributed by atoms with E-state index in [1.54, 1.807) is 0 Å². The molecule has 2 heterocycles. The maximum atomic E-state index is 6.50. The summed E-state index contributed by atoms with van der Waals surface area (Å²) >= 11 is 0. The summed E-state index contributed by atoms with van der Waals surface area (Å²) < 4.78 is 6.50. The molecule has 0 amide bonds. The van der Waals surface area contributed by atoms with Gasteiger partial charge in [0.25, 0.3) is 0 Å². The Kier molecular flexibility index (Phi) is 4.51. The van der Waals surface area contributed by atoms with Crippen molar-refractivity contribution in [3.8, 4) is 5.75 Å². The molecule has 1 aromatic rings. The van der Waals surface area contributed by atoms with Crippen LogP contribution in [0.15, 0.2) is 18.2 Å². The lowest BCUT2D eigenvalue weighted by atomic mass is 9.83. The molecule has 0 unspecified atom stereocenters. The molecule has 3 heteroatoms. The van der Waals surface area contributed by atoms with Gasteiger partial charge in [0, 0.05) is 13.1 Å². The van der Waals surface area contributed by atoms with E-state index >= 15 is 0 Å². The Morgan fingerprint density at radius 3 is 2.76 bits per heavy atom. The van der Waals surface area contributed by atoms with E-state index in [0.29, 0.717) is 0 Å². The monoisotopic (exact) mass is 288 g/mol.